The van der Waals surface area contributed by atoms with Crippen molar-refractivity contribution in [2.75, 3.05) is 10.8 Å². The number of nitrogens with one attached hydrogen (secondary N) is 1. The fourth-order valence-corrected chi connectivity index (χ4v) is 5.44. The Morgan fingerprint density at radius 2 is 1.59 bits per heavy atom. The van der Waals surface area contributed by atoms with Crippen LogP contribution < -0.4 is 14.4 Å². The average molecular weight is 479 g/mol. The maximum Gasteiger partial charge on any atom is 0.264 e. The lowest BCUT2D eigenvalue weighted by Crippen LogP contribution is -2.51. The molecule has 7 heteroatoms. The van der Waals surface area contributed by atoms with Crippen molar-refractivity contribution >= 4 is 21.6 Å². The Bertz CT molecular complexity index is 1270. The summed E-state index contributed by atoms with van der Waals surface area (Å²) < 4.78 is 34.0. The third-order valence-electron chi connectivity index (χ3n) is 5.99. The highest BCUT2D eigenvalue weighted by Gasteiger charge is 2.37. The molecule has 1 aliphatic rings. The third kappa shape index (κ3) is 4.80. The number of amides is 1. The lowest BCUT2D eigenvalue weighted by atomic mass is 9.86. The number of carbonyl (C=O) groups excluding carboxylic acids is 1. The molecule has 1 N–H and O–H groups in total. The molecule has 6 nitrogen and oxygen atoms in total. The number of fused-ring (bicyclic) bond motifs is 1. The largest absolute Gasteiger partial charge is 0.476 e. The second-order valence-electron chi connectivity index (χ2n) is 9.53. The topological polar surface area (TPSA) is 75.7 Å². The molecule has 1 heterocycles. The zero-order valence-electron chi connectivity index (χ0n) is 19.9. The van der Waals surface area contributed by atoms with Gasteiger partial charge in [0.15, 0.2) is 6.10 Å². The van der Waals surface area contributed by atoms with Crippen LogP contribution in [0.1, 0.15) is 44.9 Å². The number of benzene rings is 3. The lowest BCUT2D eigenvalue weighted by Gasteiger charge is -2.35. The molecule has 0 saturated carbocycles. The van der Waals surface area contributed by atoms with Gasteiger partial charge in [0.1, 0.15) is 5.75 Å². The van der Waals surface area contributed by atoms with Gasteiger partial charge in [-0.15, -0.1) is 0 Å². The molecule has 0 unspecified atom stereocenters. The first-order chi connectivity index (χ1) is 16.1. The van der Waals surface area contributed by atoms with Crippen LogP contribution in [0.2, 0.25) is 0 Å². The van der Waals surface area contributed by atoms with Gasteiger partial charge < -0.3 is 10.1 Å². The van der Waals surface area contributed by atoms with Gasteiger partial charge in [-0.3, -0.25) is 9.10 Å². The minimum absolute atomic E-state index is 0.0437. The van der Waals surface area contributed by atoms with Gasteiger partial charge in [-0.05, 0) is 47.7 Å². The molecule has 0 fully saturated rings. The quantitative estimate of drug-likeness (QED) is 0.571. The highest BCUT2D eigenvalue weighted by Crippen LogP contribution is 2.37. The summed E-state index contributed by atoms with van der Waals surface area (Å²) in [6, 6.07) is 23.0. The van der Waals surface area contributed by atoms with E-state index in [0.29, 0.717) is 11.4 Å². The minimum Gasteiger partial charge on any atom is -0.476 e. The molecule has 0 spiro atoms. The molecule has 0 saturated heterocycles. The second kappa shape index (κ2) is 9.14. The maximum atomic E-state index is 13.4. The predicted molar refractivity (Wildman–Crippen MR) is 134 cm³/mol. The zero-order chi connectivity index (χ0) is 24.5. The molecule has 0 aliphatic carbocycles. The van der Waals surface area contributed by atoms with Crippen LogP contribution in [0.15, 0.2) is 83.8 Å². The first kappa shape index (κ1) is 23.8. The second-order valence-corrected chi connectivity index (χ2v) is 11.4. The Kier molecular flexibility index (Phi) is 6.41. The van der Waals surface area contributed by atoms with Gasteiger partial charge in [-0.25, -0.2) is 8.42 Å². The van der Waals surface area contributed by atoms with Crippen LogP contribution in [0.4, 0.5) is 5.69 Å². The predicted octanol–water partition coefficient (Wildman–Crippen LogP) is 4.82. The van der Waals surface area contributed by atoms with Crippen LogP contribution in [0.3, 0.4) is 0 Å². The molecule has 1 aliphatic heterocycles. The zero-order valence-corrected chi connectivity index (χ0v) is 20.7. The van der Waals surface area contributed by atoms with E-state index in [9.17, 15) is 13.2 Å². The van der Waals surface area contributed by atoms with Crippen LogP contribution in [0.25, 0.3) is 0 Å². The Hall–Kier alpha value is -3.32. The van der Waals surface area contributed by atoms with Crippen molar-refractivity contribution in [2.45, 2.75) is 50.2 Å². The number of para-hydroxylation sites is 2. The van der Waals surface area contributed by atoms with E-state index >= 15 is 0 Å². The Labute approximate surface area is 201 Å². The molecule has 0 radical (unpaired) electrons. The lowest BCUT2D eigenvalue weighted by molar-refractivity contribution is -0.128. The van der Waals surface area contributed by atoms with Gasteiger partial charge in [0.2, 0.25) is 0 Å². The number of anilines is 1. The maximum absolute atomic E-state index is 13.4. The number of rotatable bonds is 5. The highest BCUT2D eigenvalue weighted by atomic mass is 32.2. The van der Waals surface area contributed by atoms with Crippen molar-refractivity contribution in [1.82, 2.24) is 5.32 Å². The molecular formula is C27H30N2O4S. The number of nitrogens with zero attached hydrogens (tertiary/aromatic N) is 1. The molecule has 3 aromatic carbocycles. The molecule has 1 amide bonds. The molecule has 0 bridgehead atoms. The summed E-state index contributed by atoms with van der Waals surface area (Å²) in [6.45, 7) is 8.25. The summed E-state index contributed by atoms with van der Waals surface area (Å²) in [4.78, 5) is 13.3. The summed E-state index contributed by atoms with van der Waals surface area (Å²) >= 11 is 0. The SMILES string of the molecule is C[C@H](NC(=O)[C@H]1CN(S(=O)(=O)c2ccccc2)c2ccccc2O1)c1ccc(C(C)(C)C)cc1. The first-order valence-electron chi connectivity index (χ1n) is 11.3. The van der Waals surface area contributed by atoms with Crippen molar-refractivity contribution in [1.29, 1.82) is 0 Å². The Balaban J connectivity index is 1.56. The molecule has 3 aromatic rings. The van der Waals surface area contributed by atoms with E-state index in [2.05, 4.69) is 38.2 Å². The Morgan fingerprint density at radius 1 is 0.971 bits per heavy atom. The summed E-state index contributed by atoms with van der Waals surface area (Å²) in [5.74, 6) is -0.00856. The molecule has 2 atom stereocenters. The van der Waals surface area contributed by atoms with Gasteiger partial charge in [0.25, 0.3) is 15.9 Å². The average Bonchev–Trinajstić information content (AvgIpc) is 2.83. The molecular weight excluding hydrogens is 448 g/mol. The first-order valence-corrected chi connectivity index (χ1v) is 12.8. The monoisotopic (exact) mass is 478 g/mol. The van der Waals surface area contributed by atoms with Gasteiger partial charge in [0.05, 0.1) is 23.2 Å². The summed E-state index contributed by atoms with van der Waals surface area (Å²) in [5, 5.41) is 2.98. The van der Waals surface area contributed by atoms with Gasteiger partial charge in [-0.1, -0.05) is 75.4 Å². The van der Waals surface area contributed by atoms with E-state index in [1.807, 2.05) is 19.1 Å². The number of sulfonamides is 1. The van der Waals surface area contributed by atoms with E-state index in [1.165, 1.54) is 9.87 Å². The minimum atomic E-state index is -3.87. The van der Waals surface area contributed by atoms with Gasteiger partial charge in [0, 0.05) is 0 Å². The standard InChI is InChI=1S/C27H30N2O4S/c1-19(20-14-16-21(17-15-20)27(2,3)4)28-26(30)25-18-29(23-12-8-9-13-24(23)33-25)34(31,32)22-10-6-5-7-11-22/h5-17,19,25H,18H2,1-4H3,(H,28,30)/t19-,25+/m0/s1. The van der Waals surface area contributed by atoms with E-state index in [1.54, 1.807) is 54.6 Å². The van der Waals surface area contributed by atoms with Crippen LogP contribution >= 0.6 is 0 Å². The smallest absolute Gasteiger partial charge is 0.264 e. The fraction of sp³-hybridized carbons (Fsp3) is 0.296. The number of hydrogen-bond donors (Lipinski definition) is 1. The van der Waals surface area contributed by atoms with E-state index < -0.39 is 16.1 Å². The highest BCUT2D eigenvalue weighted by molar-refractivity contribution is 7.92. The number of hydrogen-bond acceptors (Lipinski definition) is 4. The normalized spacial score (nSPS) is 16.8. The van der Waals surface area contributed by atoms with Crippen LogP contribution in [0.5, 0.6) is 5.75 Å². The van der Waals surface area contributed by atoms with E-state index in [0.717, 1.165) is 5.56 Å². The molecule has 34 heavy (non-hydrogen) atoms. The van der Waals surface area contributed by atoms with Gasteiger partial charge >= 0.3 is 0 Å². The van der Waals surface area contributed by atoms with E-state index in [-0.39, 0.29) is 28.8 Å². The van der Waals surface area contributed by atoms with Crippen molar-refractivity contribution in [2.24, 2.45) is 0 Å². The fourth-order valence-electron chi connectivity index (χ4n) is 3.95. The molecule has 0 aromatic heterocycles. The Morgan fingerprint density at radius 3 is 2.24 bits per heavy atom. The number of ether oxygens (including phenoxy) is 1. The van der Waals surface area contributed by atoms with Crippen LogP contribution in [0, 0.1) is 0 Å². The summed E-state index contributed by atoms with van der Waals surface area (Å²) in [5.41, 5.74) is 2.64. The summed E-state index contributed by atoms with van der Waals surface area (Å²) in [7, 11) is -3.87. The van der Waals surface area contributed by atoms with Crippen molar-refractivity contribution < 1.29 is 17.9 Å². The van der Waals surface area contributed by atoms with Crippen molar-refractivity contribution in [3.8, 4) is 5.75 Å². The van der Waals surface area contributed by atoms with Crippen LogP contribution in [-0.2, 0) is 20.2 Å². The van der Waals surface area contributed by atoms with Crippen LogP contribution in [-0.4, -0.2) is 27.0 Å². The molecule has 178 valence electrons. The molecule has 4 rings (SSSR count). The third-order valence-corrected chi connectivity index (χ3v) is 7.79. The summed E-state index contributed by atoms with van der Waals surface area (Å²) in [6.07, 6.45) is -0.982. The van der Waals surface area contributed by atoms with E-state index in [4.69, 9.17) is 4.74 Å². The number of carbonyl (C=O) groups is 1. The van der Waals surface area contributed by atoms with Gasteiger partial charge in [-0.2, -0.15) is 0 Å². The van der Waals surface area contributed by atoms with Crippen molar-refractivity contribution in [3.63, 3.8) is 0 Å². The van der Waals surface area contributed by atoms with Crippen molar-refractivity contribution in [3.05, 3.63) is 90.0 Å².